The van der Waals surface area contributed by atoms with Crippen molar-refractivity contribution < 1.29 is 10.2 Å². The van der Waals surface area contributed by atoms with Gasteiger partial charge in [-0.05, 0) is 60.4 Å². The Kier molecular flexibility index (Phi) is 3.14. The van der Waals surface area contributed by atoms with Gasteiger partial charge in [-0.25, -0.2) is 0 Å². The first-order valence-corrected chi connectivity index (χ1v) is 7.89. The zero-order chi connectivity index (χ0) is 14.7. The minimum atomic E-state index is -1.13. The van der Waals surface area contributed by atoms with E-state index >= 15 is 0 Å². The Morgan fingerprint density at radius 2 is 1.05 bits per heavy atom. The monoisotopic (exact) mass is 396 g/mol. The third-order valence-electron chi connectivity index (χ3n) is 4.06. The highest BCUT2D eigenvalue weighted by Gasteiger charge is 2.44. The molecule has 0 amide bonds. The molecule has 3 rings (SSSR count). The van der Waals surface area contributed by atoms with Crippen LogP contribution in [0.5, 0.6) is 0 Å². The summed E-state index contributed by atoms with van der Waals surface area (Å²) in [5, 5.41) is 22.0. The number of hydrogen-bond donors (Lipinski definition) is 2. The van der Waals surface area contributed by atoms with Crippen LogP contribution in [0.15, 0.2) is 45.3 Å². The molecule has 0 aliphatic heterocycles. The predicted molar refractivity (Wildman–Crippen MR) is 85.6 cm³/mol. The molecule has 20 heavy (non-hydrogen) atoms. The van der Waals surface area contributed by atoms with Crippen LogP contribution in [-0.2, 0) is 11.2 Å². The molecule has 0 radical (unpaired) electrons. The highest BCUT2D eigenvalue weighted by molar-refractivity contribution is 9.10. The number of halogens is 2. The van der Waals surface area contributed by atoms with Gasteiger partial charge in [0.05, 0.1) is 0 Å². The molecular formula is C16H14Br2O2. The van der Waals surface area contributed by atoms with Gasteiger partial charge in [0.25, 0.3) is 0 Å². The van der Waals surface area contributed by atoms with Crippen molar-refractivity contribution in [2.75, 3.05) is 0 Å². The molecule has 0 aromatic heterocycles. The van der Waals surface area contributed by atoms with Gasteiger partial charge in [0.2, 0.25) is 0 Å². The summed E-state index contributed by atoms with van der Waals surface area (Å²) in [5.41, 5.74) is 0.667. The topological polar surface area (TPSA) is 40.5 Å². The highest BCUT2D eigenvalue weighted by Crippen LogP contribution is 2.48. The fourth-order valence-electron chi connectivity index (χ4n) is 2.98. The smallest absolute Gasteiger partial charge is 0.113 e. The normalized spacial score (nSPS) is 27.9. The van der Waals surface area contributed by atoms with Crippen LogP contribution in [0.4, 0.5) is 0 Å². The lowest BCUT2D eigenvalue weighted by molar-refractivity contribution is 0.0508. The number of aliphatic hydroxyl groups is 2. The lowest BCUT2D eigenvalue weighted by Crippen LogP contribution is -2.39. The summed E-state index contributed by atoms with van der Waals surface area (Å²) >= 11 is 6.86. The van der Waals surface area contributed by atoms with Gasteiger partial charge < -0.3 is 10.2 Å². The standard InChI is InChI=1S/C16H14Br2O2/c1-15(19)11-5-3-10(18)8-14(11)16(2,20)12-6-4-9(17)7-13(12)15/h3-8,19-20H,1-2H3. The Morgan fingerprint density at radius 1 is 0.700 bits per heavy atom. The average Bonchev–Trinajstić information content (AvgIpc) is 2.36. The average molecular weight is 398 g/mol. The molecule has 0 saturated carbocycles. The summed E-state index contributed by atoms with van der Waals surface area (Å²) in [7, 11) is 0. The number of hydrogen-bond acceptors (Lipinski definition) is 2. The van der Waals surface area contributed by atoms with Crippen molar-refractivity contribution in [1.29, 1.82) is 0 Å². The Bertz CT molecular complexity index is 644. The van der Waals surface area contributed by atoms with E-state index in [4.69, 9.17) is 0 Å². The van der Waals surface area contributed by atoms with Crippen LogP contribution in [0.25, 0.3) is 0 Å². The predicted octanol–water partition coefficient (Wildman–Crippen LogP) is 4.04. The van der Waals surface area contributed by atoms with Crippen LogP contribution in [0.2, 0.25) is 0 Å². The second-order valence-electron chi connectivity index (χ2n) is 5.52. The number of benzene rings is 2. The lowest BCUT2D eigenvalue weighted by atomic mass is 9.69. The Hall–Kier alpha value is -0.680. The van der Waals surface area contributed by atoms with Crippen LogP contribution in [0, 0.1) is 0 Å². The fourth-order valence-corrected chi connectivity index (χ4v) is 3.70. The van der Waals surface area contributed by atoms with Crippen LogP contribution >= 0.6 is 31.9 Å². The summed E-state index contributed by atoms with van der Waals surface area (Å²) in [6.45, 7) is 3.53. The zero-order valence-electron chi connectivity index (χ0n) is 11.1. The molecule has 0 fully saturated rings. The summed E-state index contributed by atoms with van der Waals surface area (Å²) in [6.07, 6.45) is 0. The molecule has 2 aromatic rings. The Balaban J connectivity index is 2.40. The van der Waals surface area contributed by atoms with Gasteiger partial charge in [0.1, 0.15) is 11.2 Å². The molecule has 104 valence electrons. The van der Waals surface area contributed by atoms with Crippen molar-refractivity contribution in [2.24, 2.45) is 0 Å². The molecule has 0 saturated heterocycles. The molecule has 1 aliphatic carbocycles. The Morgan fingerprint density at radius 3 is 1.40 bits per heavy atom. The van der Waals surface area contributed by atoms with Gasteiger partial charge in [-0.3, -0.25) is 0 Å². The van der Waals surface area contributed by atoms with Gasteiger partial charge in [-0.1, -0.05) is 44.0 Å². The molecule has 0 spiro atoms. The largest absolute Gasteiger partial charge is 0.381 e. The second kappa shape index (κ2) is 4.41. The molecule has 1 aliphatic rings. The quantitative estimate of drug-likeness (QED) is 0.704. The summed E-state index contributed by atoms with van der Waals surface area (Å²) in [4.78, 5) is 0. The molecule has 2 N–H and O–H groups in total. The summed E-state index contributed by atoms with van der Waals surface area (Å²) in [6, 6.07) is 11.2. The molecule has 2 aromatic carbocycles. The van der Waals surface area contributed by atoms with E-state index < -0.39 is 11.2 Å². The highest BCUT2D eigenvalue weighted by atomic mass is 79.9. The molecule has 2 unspecified atom stereocenters. The van der Waals surface area contributed by atoms with E-state index in [1.807, 2.05) is 36.4 Å². The first kappa shape index (κ1) is 14.3. The van der Waals surface area contributed by atoms with Gasteiger partial charge in [0.15, 0.2) is 0 Å². The maximum absolute atomic E-state index is 11.0. The minimum Gasteiger partial charge on any atom is -0.381 e. The van der Waals surface area contributed by atoms with E-state index in [0.717, 1.165) is 31.2 Å². The molecular weight excluding hydrogens is 384 g/mol. The number of fused-ring (bicyclic) bond motifs is 2. The van der Waals surface area contributed by atoms with Crippen molar-refractivity contribution in [3.8, 4) is 0 Å². The maximum atomic E-state index is 11.0. The van der Waals surface area contributed by atoms with E-state index in [1.165, 1.54) is 0 Å². The van der Waals surface area contributed by atoms with E-state index in [0.29, 0.717) is 0 Å². The number of rotatable bonds is 0. The fraction of sp³-hybridized carbons (Fsp3) is 0.250. The van der Waals surface area contributed by atoms with Gasteiger partial charge in [-0.15, -0.1) is 0 Å². The van der Waals surface area contributed by atoms with Crippen molar-refractivity contribution in [3.63, 3.8) is 0 Å². The van der Waals surface area contributed by atoms with Crippen molar-refractivity contribution in [1.82, 2.24) is 0 Å². The van der Waals surface area contributed by atoms with Crippen LogP contribution < -0.4 is 0 Å². The van der Waals surface area contributed by atoms with Crippen molar-refractivity contribution in [3.05, 3.63) is 67.6 Å². The summed E-state index contributed by atoms with van der Waals surface area (Å²) < 4.78 is 1.76. The minimum absolute atomic E-state index is 0.728. The van der Waals surface area contributed by atoms with Crippen LogP contribution in [0.1, 0.15) is 36.1 Å². The SMILES string of the molecule is CC1(O)c2ccc(Br)cc2C(C)(O)c2ccc(Br)cc21. The van der Waals surface area contributed by atoms with Crippen molar-refractivity contribution in [2.45, 2.75) is 25.0 Å². The van der Waals surface area contributed by atoms with Crippen molar-refractivity contribution >= 4 is 31.9 Å². The molecule has 4 heteroatoms. The molecule has 0 heterocycles. The van der Waals surface area contributed by atoms with E-state index in [-0.39, 0.29) is 0 Å². The van der Waals surface area contributed by atoms with Gasteiger partial charge >= 0.3 is 0 Å². The summed E-state index contributed by atoms with van der Waals surface area (Å²) in [5.74, 6) is 0. The van der Waals surface area contributed by atoms with Gasteiger partial charge in [0, 0.05) is 8.95 Å². The maximum Gasteiger partial charge on any atom is 0.113 e. The first-order chi connectivity index (χ1) is 9.24. The lowest BCUT2D eigenvalue weighted by Gasteiger charge is -2.41. The van der Waals surface area contributed by atoms with Crippen LogP contribution in [-0.4, -0.2) is 10.2 Å². The third kappa shape index (κ3) is 1.90. The molecule has 0 bridgehead atoms. The van der Waals surface area contributed by atoms with E-state index in [2.05, 4.69) is 31.9 Å². The Labute approximate surface area is 134 Å². The van der Waals surface area contributed by atoms with Gasteiger partial charge in [-0.2, -0.15) is 0 Å². The molecule has 2 nitrogen and oxygen atoms in total. The first-order valence-electron chi connectivity index (χ1n) is 6.30. The van der Waals surface area contributed by atoms with E-state index in [1.54, 1.807) is 13.8 Å². The van der Waals surface area contributed by atoms with Crippen LogP contribution in [0.3, 0.4) is 0 Å². The van der Waals surface area contributed by atoms with E-state index in [9.17, 15) is 10.2 Å². The zero-order valence-corrected chi connectivity index (χ0v) is 14.3. The third-order valence-corrected chi connectivity index (χ3v) is 5.05. The molecule has 2 atom stereocenters. The second-order valence-corrected chi connectivity index (χ2v) is 7.36.